The third-order valence-electron chi connectivity index (χ3n) is 1.69. The number of carbonyl (C=O) groups excluding carboxylic acids is 2. The maximum Gasteiger partial charge on any atom is 0.337 e. The van der Waals surface area contributed by atoms with Crippen molar-refractivity contribution in [2.45, 2.75) is 19.6 Å². The first-order valence-corrected chi connectivity index (χ1v) is 4.32. The van der Waals surface area contributed by atoms with Gasteiger partial charge in [0.25, 0.3) is 0 Å². The van der Waals surface area contributed by atoms with E-state index >= 15 is 0 Å². The number of cyclic esters (lactones) is 1. The highest BCUT2D eigenvalue weighted by atomic mass is 16.7. The molecule has 0 radical (unpaired) electrons. The number of rotatable bonds is 3. The Kier molecular flexibility index (Phi) is 3.31. The third kappa shape index (κ3) is 2.95. The molecule has 15 heavy (non-hydrogen) atoms. The summed E-state index contributed by atoms with van der Waals surface area (Å²) in [4.78, 5) is 21.7. The van der Waals surface area contributed by atoms with Crippen LogP contribution in [-0.2, 0) is 23.8 Å². The molecule has 1 aliphatic heterocycles. The van der Waals surface area contributed by atoms with Crippen molar-refractivity contribution in [3.8, 4) is 0 Å². The normalized spacial score (nSPS) is 25.0. The fourth-order valence-electron chi connectivity index (χ4n) is 1.10. The zero-order chi connectivity index (χ0) is 11.5. The maximum atomic E-state index is 11.1. The lowest BCUT2D eigenvalue weighted by Crippen LogP contribution is -2.48. The van der Waals surface area contributed by atoms with Gasteiger partial charge in [0.05, 0.1) is 6.08 Å². The molecule has 0 unspecified atom stereocenters. The fraction of sp³-hybridized carbons (Fsp3) is 0.556. The standard InChI is InChI=1S/C9H12O6/c1-6-3-8(12)15-9(4-10,14-6)5-13-7(2)11/h3,10H,4-5H2,1-2H3/t9-/m1/s1. The Morgan fingerprint density at radius 3 is 2.73 bits per heavy atom. The van der Waals surface area contributed by atoms with Crippen LogP contribution in [0.25, 0.3) is 0 Å². The smallest absolute Gasteiger partial charge is 0.337 e. The van der Waals surface area contributed by atoms with Crippen LogP contribution in [0.4, 0.5) is 0 Å². The van der Waals surface area contributed by atoms with Crippen LogP contribution in [0.5, 0.6) is 0 Å². The Morgan fingerprint density at radius 1 is 1.60 bits per heavy atom. The molecule has 0 spiro atoms. The van der Waals surface area contributed by atoms with Crippen LogP contribution in [0, 0.1) is 0 Å². The highest BCUT2D eigenvalue weighted by molar-refractivity contribution is 5.83. The molecule has 1 atom stereocenters. The van der Waals surface area contributed by atoms with Crippen molar-refractivity contribution >= 4 is 11.9 Å². The molecular weight excluding hydrogens is 204 g/mol. The summed E-state index contributed by atoms with van der Waals surface area (Å²) in [7, 11) is 0. The van der Waals surface area contributed by atoms with Crippen LogP contribution in [-0.4, -0.2) is 36.0 Å². The van der Waals surface area contributed by atoms with E-state index in [4.69, 9.17) is 14.6 Å². The molecule has 0 amide bonds. The minimum Gasteiger partial charge on any atom is -0.457 e. The van der Waals surface area contributed by atoms with Gasteiger partial charge >= 0.3 is 17.7 Å². The summed E-state index contributed by atoms with van der Waals surface area (Å²) in [6.45, 7) is 1.82. The van der Waals surface area contributed by atoms with Gasteiger partial charge in [-0.2, -0.15) is 0 Å². The second-order valence-electron chi connectivity index (χ2n) is 3.13. The number of carbonyl (C=O) groups is 2. The predicted octanol–water partition coefficient (Wildman–Crippen LogP) is -0.285. The molecule has 0 saturated heterocycles. The number of allylic oxidation sites excluding steroid dienone is 1. The second kappa shape index (κ2) is 4.31. The number of aliphatic hydroxyl groups is 1. The minimum atomic E-state index is -1.61. The van der Waals surface area contributed by atoms with Crippen LogP contribution >= 0.6 is 0 Å². The molecule has 84 valence electrons. The highest BCUT2D eigenvalue weighted by Crippen LogP contribution is 2.22. The monoisotopic (exact) mass is 216 g/mol. The van der Waals surface area contributed by atoms with Gasteiger partial charge in [-0.15, -0.1) is 0 Å². The molecule has 0 aliphatic carbocycles. The molecule has 6 heteroatoms. The van der Waals surface area contributed by atoms with Gasteiger partial charge in [-0.3, -0.25) is 4.79 Å². The summed E-state index contributed by atoms with van der Waals surface area (Å²) in [5, 5.41) is 9.07. The molecule has 0 saturated carbocycles. The van der Waals surface area contributed by atoms with Gasteiger partial charge in [0.15, 0.2) is 6.61 Å². The molecule has 0 aromatic carbocycles. The first kappa shape index (κ1) is 11.5. The average molecular weight is 216 g/mol. The van der Waals surface area contributed by atoms with Crippen molar-refractivity contribution in [2.24, 2.45) is 0 Å². The number of aliphatic hydroxyl groups excluding tert-OH is 1. The quantitative estimate of drug-likeness (QED) is 0.653. The van der Waals surface area contributed by atoms with Gasteiger partial charge in [0, 0.05) is 6.92 Å². The summed E-state index contributed by atoms with van der Waals surface area (Å²) in [6, 6.07) is 0. The Hall–Kier alpha value is -1.56. The zero-order valence-corrected chi connectivity index (χ0v) is 8.48. The van der Waals surface area contributed by atoms with Gasteiger partial charge in [0.1, 0.15) is 12.4 Å². The van der Waals surface area contributed by atoms with Gasteiger partial charge < -0.3 is 19.3 Å². The third-order valence-corrected chi connectivity index (χ3v) is 1.69. The minimum absolute atomic E-state index is 0.299. The second-order valence-corrected chi connectivity index (χ2v) is 3.13. The van der Waals surface area contributed by atoms with Crippen molar-refractivity contribution < 1.29 is 28.9 Å². The zero-order valence-electron chi connectivity index (χ0n) is 8.48. The van der Waals surface area contributed by atoms with Crippen LogP contribution in [0.2, 0.25) is 0 Å². The number of esters is 2. The Labute approximate surface area is 86.4 Å². The lowest BCUT2D eigenvalue weighted by atomic mass is 10.2. The lowest BCUT2D eigenvalue weighted by molar-refractivity contribution is -0.252. The van der Waals surface area contributed by atoms with E-state index in [2.05, 4.69) is 4.74 Å². The van der Waals surface area contributed by atoms with Crippen LogP contribution < -0.4 is 0 Å². The van der Waals surface area contributed by atoms with E-state index in [1.54, 1.807) is 6.92 Å². The van der Waals surface area contributed by atoms with Crippen LogP contribution in [0.15, 0.2) is 11.8 Å². The lowest BCUT2D eigenvalue weighted by Gasteiger charge is -2.33. The Balaban J connectivity index is 2.73. The summed E-state index contributed by atoms with van der Waals surface area (Å²) in [5.41, 5.74) is 0. The van der Waals surface area contributed by atoms with E-state index in [1.807, 2.05) is 0 Å². The molecule has 0 aromatic heterocycles. The molecule has 0 fully saturated rings. The number of hydrogen-bond acceptors (Lipinski definition) is 6. The van der Waals surface area contributed by atoms with Gasteiger partial charge in [-0.05, 0) is 6.92 Å². The molecule has 0 bridgehead atoms. The van der Waals surface area contributed by atoms with Crippen molar-refractivity contribution in [3.05, 3.63) is 11.8 Å². The molecular formula is C9H12O6. The van der Waals surface area contributed by atoms with Crippen molar-refractivity contribution in [1.29, 1.82) is 0 Å². The van der Waals surface area contributed by atoms with Gasteiger partial charge in [-0.1, -0.05) is 0 Å². The molecule has 1 N–H and O–H groups in total. The van der Waals surface area contributed by atoms with Gasteiger partial charge in [-0.25, -0.2) is 4.79 Å². The average Bonchev–Trinajstić information content (AvgIpc) is 2.13. The summed E-state index contributed by atoms with van der Waals surface area (Å²) in [6.07, 6.45) is 1.14. The molecule has 1 rings (SSSR count). The van der Waals surface area contributed by atoms with Crippen molar-refractivity contribution in [3.63, 3.8) is 0 Å². The number of ether oxygens (including phenoxy) is 3. The largest absolute Gasteiger partial charge is 0.457 e. The summed E-state index contributed by atoms with van der Waals surface area (Å²) < 4.78 is 14.6. The van der Waals surface area contributed by atoms with Crippen LogP contribution in [0.1, 0.15) is 13.8 Å². The molecule has 6 nitrogen and oxygen atoms in total. The van der Waals surface area contributed by atoms with E-state index in [-0.39, 0.29) is 6.61 Å². The Morgan fingerprint density at radius 2 is 2.27 bits per heavy atom. The first-order valence-electron chi connectivity index (χ1n) is 4.32. The Bertz CT molecular complexity index is 308. The SMILES string of the molecule is CC(=O)OC[C@@]1(CO)OC(=O)C=C(C)O1. The molecule has 1 aliphatic rings. The predicted molar refractivity (Wildman–Crippen MR) is 47.4 cm³/mol. The van der Waals surface area contributed by atoms with Crippen molar-refractivity contribution in [2.75, 3.05) is 13.2 Å². The maximum absolute atomic E-state index is 11.1. The highest BCUT2D eigenvalue weighted by Gasteiger charge is 2.40. The topological polar surface area (TPSA) is 82.1 Å². The van der Waals surface area contributed by atoms with Crippen molar-refractivity contribution in [1.82, 2.24) is 0 Å². The fourth-order valence-corrected chi connectivity index (χ4v) is 1.10. The van der Waals surface area contributed by atoms with Crippen LogP contribution in [0.3, 0.4) is 0 Å². The first-order chi connectivity index (χ1) is 6.97. The number of hydrogen-bond donors (Lipinski definition) is 1. The molecule has 1 heterocycles. The van der Waals surface area contributed by atoms with E-state index in [1.165, 1.54) is 6.92 Å². The molecule has 0 aromatic rings. The van der Waals surface area contributed by atoms with E-state index in [9.17, 15) is 9.59 Å². The van der Waals surface area contributed by atoms with E-state index < -0.39 is 24.3 Å². The van der Waals surface area contributed by atoms with E-state index in [0.717, 1.165) is 6.08 Å². The van der Waals surface area contributed by atoms with Gasteiger partial charge in [0.2, 0.25) is 0 Å². The van der Waals surface area contributed by atoms with E-state index in [0.29, 0.717) is 5.76 Å². The summed E-state index contributed by atoms with van der Waals surface area (Å²) in [5.74, 6) is -2.50. The summed E-state index contributed by atoms with van der Waals surface area (Å²) >= 11 is 0.